The van der Waals surface area contributed by atoms with Gasteiger partial charge < -0.3 is 8.97 Å². The summed E-state index contributed by atoms with van der Waals surface area (Å²) in [5.74, 6) is 0. The lowest BCUT2D eigenvalue weighted by atomic mass is 9.81. The van der Waals surface area contributed by atoms with E-state index in [4.69, 9.17) is 15.0 Å². The van der Waals surface area contributed by atoms with E-state index < -0.39 is 0 Å². The maximum atomic E-state index is 14.9. The Morgan fingerprint density at radius 3 is 1.59 bits per heavy atom. The molecule has 11 aromatic rings. The summed E-state index contributed by atoms with van der Waals surface area (Å²) >= 11 is 0. The van der Waals surface area contributed by atoms with Crippen LogP contribution in [0.1, 0.15) is 103 Å². The Labute approximate surface area is 469 Å². The first-order valence-corrected chi connectivity index (χ1v) is 28.2. The fraction of sp³-hybridized carbons (Fsp3) is 0.216. The van der Waals surface area contributed by atoms with Gasteiger partial charge in [0.05, 0.1) is 11.3 Å². The Bertz CT molecular complexity index is 4510. The minimum atomic E-state index is -0.251. The van der Waals surface area contributed by atoms with E-state index in [0.29, 0.717) is 11.2 Å². The van der Waals surface area contributed by atoms with Crippen LogP contribution in [-0.2, 0) is 21.7 Å². The molecule has 2 aliphatic carbocycles. The third-order valence-corrected chi connectivity index (χ3v) is 17.4. The summed E-state index contributed by atoms with van der Waals surface area (Å²) < 4.78 is 4.66. The molecule has 0 spiro atoms. The van der Waals surface area contributed by atoms with E-state index in [1.54, 1.807) is 0 Å². The number of nitrogens with zero attached hydrogens (tertiary/aromatic N) is 5. The highest BCUT2D eigenvalue weighted by Crippen LogP contribution is 2.54. The van der Waals surface area contributed by atoms with Crippen molar-refractivity contribution >= 4 is 39.0 Å². The number of aromatic nitrogens is 4. The third kappa shape index (κ3) is 8.21. The Hall–Kier alpha value is -8.74. The van der Waals surface area contributed by atoms with E-state index >= 15 is 0 Å². The Kier molecular flexibility index (Phi) is 11.9. The normalized spacial score (nSPS) is 16.1. The monoisotopic (exact) mass is 1040 g/mol. The van der Waals surface area contributed by atoms with Crippen molar-refractivity contribution in [1.29, 1.82) is 0 Å². The highest BCUT2D eigenvalue weighted by atomic mass is 16.1. The molecule has 4 heterocycles. The second-order valence-corrected chi connectivity index (χ2v) is 25.0. The van der Waals surface area contributed by atoms with Crippen LogP contribution in [0, 0.1) is 0 Å². The zero-order chi connectivity index (χ0) is 55.5. The lowest BCUT2D eigenvalue weighted by Gasteiger charge is -2.25. The molecular formula is C74H67N5O. The minimum Gasteiger partial charge on any atom is -0.304 e. The molecule has 6 nitrogen and oxygen atoms in total. The summed E-state index contributed by atoms with van der Waals surface area (Å²) in [4.78, 5) is 30.0. The van der Waals surface area contributed by atoms with Crippen LogP contribution in [0.2, 0.25) is 0 Å². The van der Waals surface area contributed by atoms with Gasteiger partial charge >= 0.3 is 0 Å². The van der Waals surface area contributed by atoms with Gasteiger partial charge in [-0.15, -0.1) is 0 Å². The van der Waals surface area contributed by atoms with Crippen molar-refractivity contribution < 1.29 is 0 Å². The van der Waals surface area contributed by atoms with E-state index in [-0.39, 0.29) is 27.2 Å². The van der Waals surface area contributed by atoms with Gasteiger partial charge in [-0.2, -0.15) is 4.98 Å². The topological polar surface area (TPSA) is 64.6 Å². The number of fused-ring (bicyclic) bond motifs is 9. The molecule has 0 saturated carbocycles. The van der Waals surface area contributed by atoms with Crippen LogP contribution >= 0.6 is 0 Å². The van der Waals surface area contributed by atoms with Crippen LogP contribution in [0.15, 0.2) is 204 Å². The quantitative estimate of drug-likeness (QED) is 0.142. The molecule has 0 fully saturated rings. The van der Waals surface area contributed by atoms with Gasteiger partial charge in [-0.3, -0.25) is 14.8 Å². The lowest BCUT2D eigenvalue weighted by Crippen LogP contribution is -2.28. The second-order valence-electron chi connectivity index (χ2n) is 25.0. The maximum absolute atomic E-state index is 14.9. The molecule has 80 heavy (non-hydrogen) atoms. The number of hydrogen-bond acceptors (Lipinski definition) is 4. The Balaban J connectivity index is 1.04. The predicted molar refractivity (Wildman–Crippen MR) is 334 cm³/mol. The van der Waals surface area contributed by atoms with Crippen molar-refractivity contribution in [2.75, 3.05) is 7.05 Å². The molecule has 0 saturated heterocycles. The minimum absolute atomic E-state index is 0.0358. The van der Waals surface area contributed by atoms with Crippen LogP contribution < -0.4 is 11.0 Å². The van der Waals surface area contributed by atoms with Crippen molar-refractivity contribution in [1.82, 2.24) is 18.9 Å². The molecular weight excluding hydrogens is 975 g/mol. The highest BCUT2D eigenvalue weighted by molar-refractivity contribution is 5.99. The summed E-state index contributed by atoms with van der Waals surface area (Å²) in [6, 6.07) is 64.7. The molecule has 0 aliphatic heterocycles. The first-order chi connectivity index (χ1) is 38.4. The zero-order valence-electron chi connectivity index (χ0n) is 47.6. The molecule has 0 N–H and O–H groups in total. The summed E-state index contributed by atoms with van der Waals surface area (Å²) in [7, 11) is 1.92. The van der Waals surface area contributed by atoms with Crippen LogP contribution in [0.3, 0.4) is 0 Å². The maximum Gasteiger partial charge on any atom is 0.281 e. The molecule has 0 bridgehead atoms. The standard InChI is InChI=1S/C74H67N5O/c1-46(42-78-66-64(71(2,3)44-73(66,6)7)58-32-20-22-34-60(58)68(78)75-10)52-26-14-15-28-54(52)49-38-50(55-29-17-16-27-53(55)48-36-37-63(76-41-48)47-24-12-11-13-25-47)40-51(39-49)56-30-18-19-31-57(56)62-43-79-67-65(72(4,5)45-74(67,8)9)59-33-21-23-35-61(59)69(79)77-70(62)80/h11-43H,44-45H2,1-10H3/b46-42+,75-68?. The fourth-order valence-electron chi connectivity index (χ4n) is 14.9. The Morgan fingerprint density at radius 2 is 0.975 bits per heavy atom. The zero-order valence-corrected chi connectivity index (χ0v) is 47.6. The average Bonchev–Trinajstić information content (AvgIpc) is 2.83. The molecule has 0 amide bonds. The Morgan fingerprint density at radius 1 is 0.487 bits per heavy atom. The molecule has 394 valence electrons. The number of allylic oxidation sites excluding steroid dienone is 1. The highest BCUT2D eigenvalue weighted by Gasteiger charge is 2.46. The van der Waals surface area contributed by atoms with E-state index in [1.807, 2.05) is 37.5 Å². The van der Waals surface area contributed by atoms with Gasteiger partial charge in [0.1, 0.15) is 11.1 Å². The SMILES string of the molecule is CN=c1c2ccccc2c2c(n1/C=C(\C)c1ccccc1-c1cc(-c3ccccc3-c3ccc(-c4ccccc4)nc3)cc(-c3ccccc3-c3cn4c5c(c6ccccc6c4nc3=O)C(C)(C)CC5(C)C)c1)C(C)(C)CC2(C)C. The van der Waals surface area contributed by atoms with E-state index in [9.17, 15) is 4.79 Å². The molecule has 0 atom stereocenters. The predicted octanol–water partition coefficient (Wildman–Crippen LogP) is 17.7. The molecule has 2 aliphatic rings. The number of benzene rings is 7. The van der Waals surface area contributed by atoms with Crippen LogP contribution in [0.4, 0.5) is 0 Å². The van der Waals surface area contributed by atoms with Gasteiger partial charge in [0.2, 0.25) is 0 Å². The van der Waals surface area contributed by atoms with Gasteiger partial charge in [-0.1, -0.05) is 213 Å². The molecule has 6 heteroatoms. The first-order valence-electron chi connectivity index (χ1n) is 28.2. The summed E-state index contributed by atoms with van der Waals surface area (Å²) in [5.41, 5.74) is 20.2. The van der Waals surface area contributed by atoms with Crippen molar-refractivity contribution in [2.45, 2.75) is 96.8 Å². The van der Waals surface area contributed by atoms with Crippen LogP contribution in [0.25, 0.3) is 106 Å². The molecule has 13 rings (SSSR count). The smallest absolute Gasteiger partial charge is 0.281 e. The largest absolute Gasteiger partial charge is 0.304 e. The molecule has 0 unspecified atom stereocenters. The van der Waals surface area contributed by atoms with Crippen LogP contribution in [0.5, 0.6) is 0 Å². The number of rotatable bonds is 8. The average molecular weight is 1040 g/mol. The number of pyridine rings is 3. The molecule has 7 aromatic carbocycles. The van der Waals surface area contributed by atoms with E-state index in [0.717, 1.165) is 102 Å². The summed E-state index contributed by atoms with van der Waals surface area (Å²) in [6.45, 7) is 21.2. The molecule has 0 radical (unpaired) electrons. The van der Waals surface area contributed by atoms with Crippen molar-refractivity contribution in [2.24, 2.45) is 4.99 Å². The fourth-order valence-corrected chi connectivity index (χ4v) is 14.9. The second kappa shape index (κ2) is 18.7. The summed E-state index contributed by atoms with van der Waals surface area (Å²) in [5, 5.41) is 4.60. The van der Waals surface area contributed by atoms with Gasteiger partial charge in [-0.25, -0.2) is 0 Å². The van der Waals surface area contributed by atoms with Crippen LogP contribution in [-0.4, -0.2) is 26.0 Å². The van der Waals surface area contributed by atoms with Gasteiger partial charge in [0.25, 0.3) is 5.56 Å². The van der Waals surface area contributed by atoms with Crippen molar-refractivity contribution in [3.63, 3.8) is 0 Å². The first kappa shape index (κ1) is 50.7. The van der Waals surface area contributed by atoms with Gasteiger partial charge in [-0.05, 0) is 132 Å². The number of hydrogen-bond donors (Lipinski definition) is 0. The van der Waals surface area contributed by atoms with Gasteiger partial charge in [0.15, 0.2) is 0 Å². The molecule has 4 aromatic heterocycles. The van der Waals surface area contributed by atoms with Crippen molar-refractivity contribution in [3.05, 3.63) is 238 Å². The van der Waals surface area contributed by atoms with Crippen molar-refractivity contribution in [3.8, 4) is 66.9 Å². The third-order valence-electron chi connectivity index (χ3n) is 17.4. The van der Waals surface area contributed by atoms with E-state index in [1.165, 1.54) is 33.3 Å². The lowest BCUT2D eigenvalue weighted by molar-refractivity contribution is 0.397. The summed E-state index contributed by atoms with van der Waals surface area (Å²) in [6.07, 6.45) is 8.42. The van der Waals surface area contributed by atoms with Gasteiger partial charge in [0, 0.05) is 69.8 Å². The van der Waals surface area contributed by atoms with E-state index in [2.05, 4.69) is 241 Å².